The molecule has 0 fully saturated rings. The molecular weight excluding hydrogens is 216 g/mol. The first-order valence-electron chi connectivity index (χ1n) is 5.01. The Balaban J connectivity index is 3.23. The van der Waals surface area contributed by atoms with Gasteiger partial charge in [0.15, 0.2) is 0 Å². The van der Waals surface area contributed by atoms with Gasteiger partial charge in [-0.05, 0) is 23.8 Å². The van der Waals surface area contributed by atoms with Crippen molar-refractivity contribution in [3.63, 3.8) is 0 Å². The fraction of sp³-hybridized carbons (Fsp3) is 0.0714. The molecule has 0 heterocycles. The molecule has 0 spiro atoms. The predicted molar refractivity (Wildman–Crippen MR) is 67.7 cm³/mol. The number of hydrogen-bond acceptors (Lipinski definition) is 2. The van der Waals surface area contributed by atoms with Gasteiger partial charge in [-0.15, -0.1) is 0 Å². The van der Waals surface area contributed by atoms with Crippen LogP contribution in [0.5, 0.6) is 0 Å². The van der Waals surface area contributed by atoms with Gasteiger partial charge in [-0.25, -0.2) is 4.79 Å². The summed E-state index contributed by atoms with van der Waals surface area (Å²) in [5, 5.41) is 8.80. The summed E-state index contributed by atoms with van der Waals surface area (Å²) in [7, 11) is 1.55. The molecule has 0 aromatic heterocycles. The summed E-state index contributed by atoms with van der Waals surface area (Å²) in [5.41, 5.74) is 1.86. The van der Waals surface area contributed by atoms with Crippen molar-refractivity contribution in [3.05, 3.63) is 66.5 Å². The summed E-state index contributed by atoms with van der Waals surface area (Å²) in [5.74, 6) is -0.348. The zero-order valence-electron chi connectivity index (χ0n) is 9.64. The zero-order chi connectivity index (χ0) is 12.8. The van der Waals surface area contributed by atoms with Gasteiger partial charge in [-0.2, -0.15) is 0 Å². The zero-order valence-corrected chi connectivity index (χ0v) is 9.64. The lowest BCUT2D eigenvalue weighted by atomic mass is 10.0. The quantitative estimate of drug-likeness (QED) is 0.624. The van der Waals surface area contributed by atoms with Crippen molar-refractivity contribution < 1.29 is 14.6 Å². The standard InChI is InChI=1S/C14H14O3/c1-4-12(13(5-2)17-3)10-6-8-11(9-7-10)14(15)16/h4-9H,1-2H2,3H3,(H,15,16)/b13-12-. The van der Waals surface area contributed by atoms with Crippen LogP contribution in [0, 0.1) is 0 Å². The van der Waals surface area contributed by atoms with Crippen LogP contribution in [0.4, 0.5) is 0 Å². The normalized spacial score (nSPS) is 11.4. The van der Waals surface area contributed by atoms with E-state index in [1.807, 2.05) is 0 Å². The highest BCUT2D eigenvalue weighted by Gasteiger charge is 2.06. The molecule has 0 saturated carbocycles. The van der Waals surface area contributed by atoms with Gasteiger partial charge in [0.05, 0.1) is 12.7 Å². The van der Waals surface area contributed by atoms with Crippen LogP contribution in [0.15, 0.2) is 55.3 Å². The molecule has 88 valence electrons. The first-order valence-corrected chi connectivity index (χ1v) is 5.01. The fourth-order valence-corrected chi connectivity index (χ4v) is 1.46. The van der Waals surface area contributed by atoms with Crippen LogP contribution in [0.1, 0.15) is 15.9 Å². The van der Waals surface area contributed by atoms with E-state index in [-0.39, 0.29) is 5.56 Å². The second kappa shape index (κ2) is 5.70. The molecular formula is C14H14O3. The predicted octanol–water partition coefficient (Wildman–Crippen LogP) is 3.11. The van der Waals surface area contributed by atoms with Gasteiger partial charge in [0.25, 0.3) is 0 Å². The van der Waals surface area contributed by atoms with E-state index in [1.54, 1.807) is 31.4 Å². The molecule has 1 aromatic carbocycles. The lowest BCUT2D eigenvalue weighted by Crippen LogP contribution is -1.96. The first kappa shape index (κ1) is 12.8. The summed E-state index contributed by atoms with van der Waals surface area (Å²) in [6, 6.07) is 6.50. The van der Waals surface area contributed by atoms with Gasteiger partial charge >= 0.3 is 5.97 Å². The second-order valence-corrected chi connectivity index (χ2v) is 3.27. The highest BCUT2D eigenvalue weighted by atomic mass is 16.5. The van der Waals surface area contributed by atoms with Crippen molar-refractivity contribution in [1.29, 1.82) is 0 Å². The number of benzene rings is 1. The lowest BCUT2D eigenvalue weighted by molar-refractivity contribution is 0.0697. The average molecular weight is 230 g/mol. The van der Waals surface area contributed by atoms with Crippen LogP contribution in [-0.2, 0) is 4.74 Å². The third kappa shape index (κ3) is 2.84. The van der Waals surface area contributed by atoms with Crippen LogP contribution in [-0.4, -0.2) is 18.2 Å². The average Bonchev–Trinajstić information content (AvgIpc) is 2.36. The van der Waals surface area contributed by atoms with Crippen LogP contribution < -0.4 is 0 Å². The molecule has 1 aromatic rings. The maximum Gasteiger partial charge on any atom is 0.335 e. The van der Waals surface area contributed by atoms with E-state index in [2.05, 4.69) is 13.2 Å². The molecule has 0 amide bonds. The number of ether oxygens (including phenoxy) is 1. The molecule has 3 heteroatoms. The van der Waals surface area contributed by atoms with Crippen molar-refractivity contribution in [2.45, 2.75) is 0 Å². The Morgan fingerprint density at radius 1 is 1.18 bits per heavy atom. The Labute approximate surface area is 100 Å². The third-order valence-corrected chi connectivity index (χ3v) is 2.32. The van der Waals surface area contributed by atoms with Crippen LogP contribution in [0.3, 0.4) is 0 Å². The molecule has 17 heavy (non-hydrogen) atoms. The van der Waals surface area contributed by atoms with E-state index in [0.717, 1.165) is 11.1 Å². The summed E-state index contributed by atoms with van der Waals surface area (Å²) >= 11 is 0. The topological polar surface area (TPSA) is 46.5 Å². The van der Waals surface area contributed by atoms with E-state index in [0.29, 0.717) is 5.76 Å². The van der Waals surface area contributed by atoms with E-state index < -0.39 is 5.97 Å². The number of rotatable bonds is 5. The van der Waals surface area contributed by atoms with E-state index in [9.17, 15) is 4.79 Å². The molecule has 0 aliphatic carbocycles. The maximum absolute atomic E-state index is 10.7. The molecule has 0 aliphatic heterocycles. The molecule has 0 aliphatic rings. The summed E-state index contributed by atoms with van der Waals surface area (Å²) in [4.78, 5) is 10.7. The van der Waals surface area contributed by atoms with E-state index in [4.69, 9.17) is 9.84 Å². The first-order chi connectivity index (χ1) is 8.13. The summed E-state index contributed by atoms with van der Waals surface area (Å²) in [6.45, 7) is 7.36. The minimum atomic E-state index is -0.948. The number of aromatic carboxylic acids is 1. The molecule has 0 bridgehead atoms. The van der Waals surface area contributed by atoms with Gasteiger partial charge in [0, 0.05) is 5.57 Å². The second-order valence-electron chi connectivity index (χ2n) is 3.27. The molecule has 0 unspecified atom stereocenters. The van der Waals surface area contributed by atoms with Crippen molar-refractivity contribution in [3.8, 4) is 0 Å². The number of allylic oxidation sites excluding steroid dienone is 3. The highest BCUT2D eigenvalue weighted by Crippen LogP contribution is 2.21. The van der Waals surface area contributed by atoms with E-state index >= 15 is 0 Å². The molecule has 0 saturated heterocycles. The fourth-order valence-electron chi connectivity index (χ4n) is 1.46. The van der Waals surface area contributed by atoms with Crippen molar-refractivity contribution in [2.24, 2.45) is 0 Å². The molecule has 1 rings (SSSR count). The SMILES string of the molecule is C=C/C(OC)=C(\C=C)c1ccc(C(=O)O)cc1. The highest BCUT2D eigenvalue weighted by molar-refractivity contribution is 5.88. The smallest absolute Gasteiger partial charge is 0.335 e. The number of hydrogen-bond donors (Lipinski definition) is 1. The molecule has 0 atom stereocenters. The monoisotopic (exact) mass is 230 g/mol. The van der Waals surface area contributed by atoms with Gasteiger partial charge in [0.2, 0.25) is 0 Å². The largest absolute Gasteiger partial charge is 0.496 e. The minimum absolute atomic E-state index is 0.245. The van der Waals surface area contributed by atoms with Crippen molar-refractivity contribution in [2.75, 3.05) is 7.11 Å². The van der Waals surface area contributed by atoms with Gasteiger partial charge in [0.1, 0.15) is 5.76 Å². The number of carboxylic acids is 1. The summed E-state index contributed by atoms with van der Waals surface area (Å²) in [6.07, 6.45) is 3.23. The molecule has 1 N–H and O–H groups in total. The third-order valence-electron chi connectivity index (χ3n) is 2.32. The number of carbonyl (C=O) groups is 1. The Morgan fingerprint density at radius 2 is 1.71 bits per heavy atom. The van der Waals surface area contributed by atoms with Gasteiger partial charge in [-0.1, -0.05) is 31.4 Å². The Bertz CT molecular complexity index is 467. The Kier molecular flexibility index (Phi) is 4.29. The van der Waals surface area contributed by atoms with Gasteiger partial charge < -0.3 is 9.84 Å². The molecule has 3 nitrogen and oxygen atoms in total. The van der Waals surface area contributed by atoms with Crippen molar-refractivity contribution in [1.82, 2.24) is 0 Å². The molecule has 0 radical (unpaired) electrons. The van der Waals surface area contributed by atoms with Crippen LogP contribution in [0.2, 0.25) is 0 Å². The van der Waals surface area contributed by atoms with Crippen LogP contribution >= 0.6 is 0 Å². The number of methoxy groups -OCH3 is 1. The Morgan fingerprint density at radius 3 is 2.06 bits per heavy atom. The van der Waals surface area contributed by atoms with E-state index in [1.165, 1.54) is 12.1 Å². The minimum Gasteiger partial charge on any atom is -0.496 e. The van der Waals surface area contributed by atoms with Gasteiger partial charge in [-0.3, -0.25) is 0 Å². The Hall–Kier alpha value is -2.29. The number of carboxylic acid groups (broad SMARTS) is 1. The lowest BCUT2D eigenvalue weighted by Gasteiger charge is -2.08. The van der Waals surface area contributed by atoms with Crippen LogP contribution in [0.25, 0.3) is 5.57 Å². The summed E-state index contributed by atoms with van der Waals surface area (Å²) < 4.78 is 5.16. The maximum atomic E-state index is 10.7. The van der Waals surface area contributed by atoms with Crippen molar-refractivity contribution >= 4 is 11.5 Å².